The van der Waals surface area contributed by atoms with Crippen molar-refractivity contribution in [2.45, 2.75) is 12.2 Å². The molecule has 29 heavy (non-hydrogen) atoms. The van der Waals surface area contributed by atoms with E-state index in [4.69, 9.17) is 4.74 Å². The van der Waals surface area contributed by atoms with Crippen molar-refractivity contribution in [3.63, 3.8) is 0 Å². The van der Waals surface area contributed by atoms with Crippen LogP contribution in [0.1, 0.15) is 0 Å². The third kappa shape index (κ3) is 3.63. The van der Waals surface area contributed by atoms with Gasteiger partial charge in [-0.15, -0.1) is 10.2 Å². The number of aliphatic hydroxyl groups is 1. The van der Waals surface area contributed by atoms with Gasteiger partial charge in [-0.1, -0.05) is 6.07 Å². The van der Waals surface area contributed by atoms with Gasteiger partial charge in [0.25, 0.3) is 0 Å². The van der Waals surface area contributed by atoms with E-state index in [2.05, 4.69) is 20.4 Å². The molecule has 11 heteroatoms. The highest BCUT2D eigenvalue weighted by molar-refractivity contribution is 5.90. The number of benzene rings is 1. The third-order valence-electron chi connectivity index (χ3n) is 4.50. The summed E-state index contributed by atoms with van der Waals surface area (Å²) in [7, 11) is 1.64. The third-order valence-corrected chi connectivity index (χ3v) is 4.50. The van der Waals surface area contributed by atoms with E-state index in [9.17, 15) is 18.7 Å². The van der Waals surface area contributed by atoms with Crippen LogP contribution < -0.4 is 4.90 Å². The summed E-state index contributed by atoms with van der Waals surface area (Å²) in [5, 5.41) is 21.2. The summed E-state index contributed by atoms with van der Waals surface area (Å²) in [5.74, 6) is -0.218. The minimum absolute atomic E-state index is 0.0654. The molecule has 3 heterocycles. The van der Waals surface area contributed by atoms with E-state index in [1.54, 1.807) is 25.2 Å². The molecule has 1 aliphatic rings. The van der Waals surface area contributed by atoms with Crippen LogP contribution in [0.4, 0.5) is 19.3 Å². The molecule has 0 radical (unpaired) electrons. The molecule has 150 valence electrons. The van der Waals surface area contributed by atoms with Gasteiger partial charge in [0.2, 0.25) is 5.82 Å². The Hall–Kier alpha value is -3.47. The van der Waals surface area contributed by atoms with Gasteiger partial charge in [0, 0.05) is 17.3 Å². The van der Waals surface area contributed by atoms with Crippen LogP contribution in [0.25, 0.3) is 22.6 Å². The average molecular weight is 402 g/mol. The molecular weight excluding hydrogens is 386 g/mol. The molecule has 0 saturated carbocycles. The summed E-state index contributed by atoms with van der Waals surface area (Å²) in [6.07, 6.45) is -1.69. The van der Waals surface area contributed by atoms with Crippen molar-refractivity contribution >= 4 is 11.8 Å². The first-order chi connectivity index (χ1) is 14.0. The fraction of sp³-hybridized carbons (Fsp3) is 0.278. The Morgan fingerprint density at radius 3 is 2.79 bits per heavy atom. The molecule has 1 amide bonds. The summed E-state index contributed by atoms with van der Waals surface area (Å²) in [4.78, 5) is 18.7. The molecule has 1 unspecified atom stereocenters. The number of ether oxygens (including phenoxy) is 1. The predicted octanol–water partition coefficient (Wildman–Crippen LogP) is 1.73. The molecule has 0 spiro atoms. The second-order valence-corrected chi connectivity index (χ2v) is 6.45. The number of tetrazole rings is 1. The normalized spacial score (nSPS) is 17.4. The van der Waals surface area contributed by atoms with Crippen molar-refractivity contribution in [1.82, 2.24) is 25.2 Å². The number of aryl methyl sites for hydroxylation is 1. The Morgan fingerprint density at radius 1 is 1.34 bits per heavy atom. The zero-order chi connectivity index (χ0) is 20.5. The Balaban J connectivity index is 1.55. The summed E-state index contributed by atoms with van der Waals surface area (Å²) < 4.78 is 32.2. The molecule has 2 aromatic heterocycles. The SMILES string of the molecule is Cn1nnc(-c2ccc(-c3ccc(N4C[C@@H](C(O)CF)OC4=O)cc3F)cn2)n1. The fourth-order valence-electron chi connectivity index (χ4n) is 2.97. The van der Waals surface area contributed by atoms with Gasteiger partial charge < -0.3 is 9.84 Å². The Morgan fingerprint density at radius 2 is 2.17 bits per heavy atom. The first-order valence-corrected chi connectivity index (χ1v) is 8.69. The van der Waals surface area contributed by atoms with Crippen molar-refractivity contribution in [3.05, 3.63) is 42.3 Å². The minimum atomic E-state index is -1.42. The number of amides is 1. The average Bonchev–Trinajstić information content (AvgIpc) is 3.33. The fourth-order valence-corrected chi connectivity index (χ4v) is 2.97. The van der Waals surface area contributed by atoms with Crippen molar-refractivity contribution in [1.29, 1.82) is 0 Å². The van der Waals surface area contributed by atoms with Gasteiger partial charge in [-0.05, 0) is 29.5 Å². The molecule has 0 aliphatic carbocycles. The summed E-state index contributed by atoms with van der Waals surface area (Å²) >= 11 is 0. The Bertz CT molecular complexity index is 1040. The summed E-state index contributed by atoms with van der Waals surface area (Å²) in [5.41, 5.74) is 1.55. The van der Waals surface area contributed by atoms with Crippen LogP contribution >= 0.6 is 0 Å². The summed E-state index contributed by atoms with van der Waals surface area (Å²) in [6, 6.07) is 7.56. The maximum atomic E-state index is 14.7. The number of rotatable bonds is 5. The van der Waals surface area contributed by atoms with Crippen molar-refractivity contribution < 1.29 is 23.4 Å². The highest BCUT2D eigenvalue weighted by atomic mass is 19.1. The number of hydrogen-bond donors (Lipinski definition) is 1. The first-order valence-electron chi connectivity index (χ1n) is 8.69. The number of pyridine rings is 1. The van der Waals surface area contributed by atoms with Crippen LogP contribution in [0.2, 0.25) is 0 Å². The van der Waals surface area contributed by atoms with E-state index in [0.29, 0.717) is 17.1 Å². The van der Waals surface area contributed by atoms with Crippen LogP contribution in [0.15, 0.2) is 36.5 Å². The number of halogens is 2. The lowest BCUT2D eigenvalue weighted by atomic mass is 10.1. The number of carbonyl (C=O) groups excluding carboxylic acids is 1. The minimum Gasteiger partial charge on any atom is -0.441 e. The maximum Gasteiger partial charge on any atom is 0.414 e. The van der Waals surface area contributed by atoms with E-state index in [-0.39, 0.29) is 17.8 Å². The van der Waals surface area contributed by atoms with Gasteiger partial charge in [0.05, 0.1) is 19.3 Å². The molecule has 1 aromatic carbocycles. The number of carbonyl (C=O) groups is 1. The van der Waals surface area contributed by atoms with Crippen LogP contribution in [-0.2, 0) is 11.8 Å². The lowest BCUT2D eigenvalue weighted by Gasteiger charge is -2.15. The van der Waals surface area contributed by atoms with Gasteiger partial charge in [0.15, 0.2) is 6.10 Å². The number of nitrogens with zero attached hydrogens (tertiary/aromatic N) is 6. The molecule has 9 nitrogen and oxygen atoms in total. The number of anilines is 1. The molecule has 1 fully saturated rings. The zero-order valence-corrected chi connectivity index (χ0v) is 15.2. The molecule has 2 atom stereocenters. The van der Waals surface area contributed by atoms with Crippen LogP contribution in [0.3, 0.4) is 0 Å². The smallest absolute Gasteiger partial charge is 0.414 e. The molecule has 1 saturated heterocycles. The number of alkyl halides is 1. The van der Waals surface area contributed by atoms with E-state index in [1.807, 2.05) is 0 Å². The summed E-state index contributed by atoms with van der Waals surface area (Å²) in [6.45, 7) is -1.10. The number of cyclic esters (lactones) is 1. The van der Waals surface area contributed by atoms with Crippen LogP contribution in [-0.4, -0.2) is 61.8 Å². The lowest BCUT2D eigenvalue weighted by Crippen LogP contribution is -2.32. The standard InChI is InChI=1S/C18H16F2N6O3/c1-25-23-17(22-24-25)14-5-2-10(8-21-14)12-4-3-11(6-13(12)20)26-9-16(15(27)7-19)29-18(26)28/h2-6,8,15-16,27H,7,9H2,1H3/t15?,16-/m0/s1. The van der Waals surface area contributed by atoms with Crippen molar-refractivity contribution in [2.24, 2.45) is 7.05 Å². The van der Waals surface area contributed by atoms with Crippen LogP contribution in [0.5, 0.6) is 0 Å². The molecule has 0 bridgehead atoms. The number of aliphatic hydroxyl groups excluding tert-OH is 1. The molecule has 1 N–H and O–H groups in total. The van der Waals surface area contributed by atoms with Crippen molar-refractivity contribution in [2.75, 3.05) is 18.1 Å². The second kappa shape index (κ2) is 7.51. The largest absolute Gasteiger partial charge is 0.441 e. The Labute approximate surface area is 163 Å². The number of hydrogen-bond acceptors (Lipinski definition) is 7. The van der Waals surface area contributed by atoms with E-state index in [1.165, 1.54) is 23.1 Å². The van der Waals surface area contributed by atoms with Gasteiger partial charge in [-0.25, -0.2) is 13.6 Å². The molecule has 3 aromatic rings. The van der Waals surface area contributed by atoms with E-state index >= 15 is 0 Å². The first kappa shape index (κ1) is 18.9. The topological polar surface area (TPSA) is 106 Å². The van der Waals surface area contributed by atoms with Gasteiger partial charge in [0.1, 0.15) is 24.3 Å². The molecular formula is C18H16F2N6O3. The van der Waals surface area contributed by atoms with Crippen LogP contribution in [0, 0.1) is 5.82 Å². The van der Waals surface area contributed by atoms with E-state index in [0.717, 1.165) is 4.90 Å². The Kier molecular flexibility index (Phi) is 4.89. The zero-order valence-electron chi connectivity index (χ0n) is 15.2. The van der Waals surface area contributed by atoms with Gasteiger partial charge in [-0.3, -0.25) is 9.88 Å². The highest BCUT2D eigenvalue weighted by Crippen LogP contribution is 2.30. The number of aromatic nitrogens is 5. The lowest BCUT2D eigenvalue weighted by molar-refractivity contribution is 0.0188. The molecule has 4 rings (SSSR count). The van der Waals surface area contributed by atoms with Gasteiger partial charge >= 0.3 is 6.09 Å². The molecule has 1 aliphatic heterocycles. The van der Waals surface area contributed by atoms with Crippen molar-refractivity contribution in [3.8, 4) is 22.6 Å². The highest BCUT2D eigenvalue weighted by Gasteiger charge is 2.37. The predicted molar refractivity (Wildman–Crippen MR) is 97.0 cm³/mol. The second-order valence-electron chi connectivity index (χ2n) is 6.45. The van der Waals surface area contributed by atoms with Gasteiger partial charge in [-0.2, -0.15) is 4.80 Å². The van der Waals surface area contributed by atoms with E-state index < -0.39 is 30.8 Å². The quantitative estimate of drug-likeness (QED) is 0.693. The maximum absolute atomic E-state index is 14.7. The monoisotopic (exact) mass is 402 g/mol.